The average molecular weight is 309 g/mol. The number of hydrogen-bond donors (Lipinski definition) is 1. The number of anilines is 1. The van der Waals surface area contributed by atoms with Gasteiger partial charge in [0.15, 0.2) is 0 Å². The molecule has 1 aliphatic carbocycles. The first-order valence-electron chi connectivity index (χ1n) is 8.69. The molecule has 0 radical (unpaired) electrons. The van der Waals surface area contributed by atoms with Crippen molar-refractivity contribution in [2.75, 3.05) is 19.3 Å². The molecule has 1 heterocycles. The SMILES string of the molecule is CN(CCCCc1cccnc1)C1CCc2c(N)cccc2C1. The molecule has 0 amide bonds. The topological polar surface area (TPSA) is 42.2 Å². The molecule has 0 saturated heterocycles. The van der Waals surface area contributed by atoms with E-state index in [-0.39, 0.29) is 0 Å². The van der Waals surface area contributed by atoms with Gasteiger partial charge in [-0.1, -0.05) is 18.2 Å². The Balaban J connectivity index is 1.45. The lowest BCUT2D eigenvalue weighted by atomic mass is 9.86. The van der Waals surface area contributed by atoms with E-state index in [0.717, 1.165) is 24.9 Å². The molecule has 3 heteroatoms. The molecule has 1 atom stereocenters. The van der Waals surface area contributed by atoms with Gasteiger partial charge in [-0.3, -0.25) is 4.98 Å². The van der Waals surface area contributed by atoms with Crippen molar-refractivity contribution >= 4 is 5.69 Å². The van der Waals surface area contributed by atoms with E-state index in [1.54, 1.807) is 0 Å². The number of benzene rings is 1. The van der Waals surface area contributed by atoms with Crippen LogP contribution in [-0.4, -0.2) is 29.5 Å². The highest BCUT2D eigenvalue weighted by Gasteiger charge is 2.22. The van der Waals surface area contributed by atoms with Crippen molar-refractivity contribution in [3.8, 4) is 0 Å². The number of fused-ring (bicyclic) bond motifs is 1. The molecule has 2 aromatic rings. The molecule has 1 unspecified atom stereocenters. The summed E-state index contributed by atoms with van der Waals surface area (Å²) in [6.07, 6.45) is 10.9. The molecule has 1 aliphatic rings. The lowest BCUT2D eigenvalue weighted by molar-refractivity contribution is 0.218. The summed E-state index contributed by atoms with van der Waals surface area (Å²) in [5.74, 6) is 0. The summed E-state index contributed by atoms with van der Waals surface area (Å²) in [6.45, 7) is 1.17. The predicted octanol–water partition coefficient (Wildman–Crippen LogP) is 3.48. The number of likely N-dealkylation sites (N-methyl/N-ethyl adjacent to an activating group) is 1. The Labute approximate surface area is 139 Å². The quantitative estimate of drug-likeness (QED) is 0.656. The molecule has 0 fully saturated rings. The maximum atomic E-state index is 6.10. The van der Waals surface area contributed by atoms with Crippen LogP contribution in [0.4, 0.5) is 5.69 Å². The summed E-state index contributed by atoms with van der Waals surface area (Å²) in [5, 5.41) is 0. The number of unbranched alkanes of at least 4 members (excludes halogenated alkanes) is 1. The molecule has 0 bridgehead atoms. The third-order valence-corrected chi connectivity index (χ3v) is 5.06. The standard InChI is InChI=1S/C20H27N3/c1-23(13-3-2-6-16-7-5-12-22-15-16)18-10-11-19-17(14-18)8-4-9-20(19)21/h4-5,7-9,12,15,18H,2-3,6,10-11,13-14,21H2,1H3. The molecule has 3 rings (SSSR count). The molecule has 0 aliphatic heterocycles. The highest BCUT2D eigenvalue weighted by molar-refractivity contribution is 5.52. The molecular weight excluding hydrogens is 282 g/mol. The van der Waals surface area contributed by atoms with Crippen molar-refractivity contribution in [2.45, 2.75) is 44.6 Å². The Hall–Kier alpha value is -1.87. The number of nitrogens with zero attached hydrogens (tertiary/aromatic N) is 2. The van der Waals surface area contributed by atoms with Gasteiger partial charge in [0.05, 0.1) is 0 Å². The monoisotopic (exact) mass is 309 g/mol. The number of aryl methyl sites for hydroxylation is 1. The highest BCUT2D eigenvalue weighted by atomic mass is 15.1. The summed E-state index contributed by atoms with van der Waals surface area (Å²) >= 11 is 0. The second-order valence-electron chi connectivity index (χ2n) is 6.68. The van der Waals surface area contributed by atoms with Crippen LogP contribution in [0.3, 0.4) is 0 Å². The second kappa shape index (κ2) is 7.60. The van der Waals surface area contributed by atoms with Gasteiger partial charge in [0.25, 0.3) is 0 Å². The van der Waals surface area contributed by atoms with Crippen LogP contribution < -0.4 is 5.73 Å². The minimum absolute atomic E-state index is 0.655. The zero-order valence-electron chi connectivity index (χ0n) is 14.0. The van der Waals surface area contributed by atoms with E-state index in [2.05, 4.69) is 35.1 Å². The minimum atomic E-state index is 0.655. The smallest absolute Gasteiger partial charge is 0.0349 e. The summed E-state index contributed by atoms with van der Waals surface area (Å²) in [7, 11) is 2.27. The Morgan fingerprint density at radius 1 is 1.22 bits per heavy atom. The first-order valence-corrected chi connectivity index (χ1v) is 8.69. The molecule has 23 heavy (non-hydrogen) atoms. The van der Waals surface area contributed by atoms with Gasteiger partial charge in [-0.25, -0.2) is 0 Å². The molecule has 122 valence electrons. The van der Waals surface area contributed by atoms with E-state index in [4.69, 9.17) is 5.73 Å². The molecule has 3 nitrogen and oxygen atoms in total. The number of hydrogen-bond acceptors (Lipinski definition) is 3. The molecule has 0 spiro atoms. The third-order valence-electron chi connectivity index (χ3n) is 5.06. The van der Waals surface area contributed by atoms with Crippen molar-refractivity contribution in [1.29, 1.82) is 0 Å². The number of rotatable bonds is 6. The van der Waals surface area contributed by atoms with Gasteiger partial charge in [-0.05, 0) is 80.9 Å². The predicted molar refractivity (Wildman–Crippen MR) is 96.5 cm³/mol. The zero-order chi connectivity index (χ0) is 16.1. The van der Waals surface area contributed by atoms with E-state index in [1.165, 1.54) is 42.5 Å². The van der Waals surface area contributed by atoms with Gasteiger partial charge in [0, 0.05) is 24.1 Å². The fraction of sp³-hybridized carbons (Fsp3) is 0.450. The Bertz CT molecular complexity index is 624. The van der Waals surface area contributed by atoms with Crippen molar-refractivity contribution < 1.29 is 0 Å². The highest BCUT2D eigenvalue weighted by Crippen LogP contribution is 2.28. The number of aromatic nitrogens is 1. The summed E-state index contributed by atoms with van der Waals surface area (Å²) in [6, 6.07) is 11.2. The van der Waals surface area contributed by atoms with Gasteiger partial charge >= 0.3 is 0 Å². The molecule has 0 saturated carbocycles. The Morgan fingerprint density at radius 3 is 2.96 bits per heavy atom. The first kappa shape index (κ1) is 16.0. The second-order valence-corrected chi connectivity index (χ2v) is 6.68. The first-order chi connectivity index (χ1) is 11.2. The van der Waals surface area contributed by atoms with E-state index in [1.807, 2.05) is 24.5 Å². The minimum Gasteiger partial charge on any atom is -0.398 e. The lowest BCUT2D eigenvalue weighted by Crippen LogP contribution is -2.37. The van der Waals surface area contributed by atoms with Gasteiger partial charge in [0.1, 0.15) is 0 Å². The van der Waals surface area contributed by atoms with Crippen LogP contribution in [0.15, 0.2) is 42.7 Å². The van der Waals surface area contributed by atoms with Gasteiger partial charge in [-0.15, -0.1) is 0 Å². The fourth-order valence-electron chi connectivity index (χ4n) is 3.61. The van der Waals surface area contributed by atoms with E-state index in [9.17, 15) is 0 Å². The fourth-order valence-corrected chi connectivity index (χ4v) is 3.61. The normalized spacial score (nSPS) is 17.2. The van der Waals surface area contributed by atoms with Crippen molar-refractivity contribution in [1.82, 2.24) is 9.88 Å². The maximum Gasteiger partial charge on any atom is 0.0349 e. The van der Waals surface area contributed by atoms with Crippen LogP contribution in [0.2, 0.25) is 0 Å². The van der Waals surface area contributed by atoms with Crippen LogP contribution in [0.5, 0.6) is 0 Å². The van der Waals surface area contributed by atoms with Gasteiger partial charge < -0.3 is 10.6 Å². The van der Waals surface area contributed by atoms with Crippen molar-refractivity contribution in [3.05, 3.63) is 59.4 Å². The maximum absolute atomic E-state index is 6.10. The largest absolute Gasteiger partial charge is 0.398 e. The van der Waals surface area contributed by atoms with E-state index in [0.29, 0.717) is 6.04 Å². The number of nitrogens with two attached hydrogens (primary N) is 1. The summed E-state index contributed by atoms with van der Waals surface area (Å²) < 4.78 is 0. The third kappa shape index (κ3) is 4.11. The van der Waals surface area contributed by atoms with Crippen LogP contribution in [-0.2, 0) is 19.3 Å². The molecule has 1 aromatic carbocycles. The van der Waals surface area contributed by atoms with Crippen LogP contribution in [0, 0.1) is 0 Å². The van der Waals surface area contributed by atoms with E-state index < -0.39 is 0 Å². The van der Waals surface area contributed by atoms with Crippen molar-refractivity contribution in [3.63, 3.8) is 0 Å². The molecule has 1 aromatic heterocycles. The Morgan fingerprint density at radius 2 is 2.13 bits per heavy atom. The Kier molecular flexibility index (Phi) is 5.29. The van der Waals surface area contributed by atoms with Crippen molar-refractivity contribution in [2.24, 2.45) is 0 Å². The lowest BCUT2D eigenvalue weighted by Gasteiger charge is -2.33. The van der Waals surface area contributed by atoms with Crippen LogP contribution in [0.25, 0.3) is 0 Å². The molecular formula is C20H27N3. The average Bonchev–Trinajstić information content (AvgIpc) is 2.59. The number of nitrogen functional groups attached to an aromatic ring is 1. The van der Waals surface area contributed by atoms with Crippen LogP contribution in [0.1, 0.15) is 36.0 Å². The summed E-state index contributed by atoms with van der Waals surface area (Å²) in [4.78, 5) is 6.72. The van der Waals surface area contributed by atoms with Gasteiger partial charge in [0.2, 0.25) is 0 Å². The zero-order valence-corrected chi connectivity index (χ0v) is 14.0. The van der Waals surface area contributed by atoms with Crippen LogP contribution >= 0.6 is 0 Å². The van der Waals surface area contributed by atoms with E-state index >= 15 is 0 Å². The summed E-state index contributed by atoms with van der Waals surface area (Å²) in [5.41, 5.74) is 11.2. The van der Waals surface area contributed by atoms with Gasteiger partial charge in [-0.2, -0.15) is 0 Å². The number of pyridine rings is 1. The molecule has 2 N–H and O–H groups in total.